The molecule has 11 heteroatoms. The molecule has 3 aromatic heterocycles. The zero-order chi connectivity index (χ0) is 22.3. The molecule has 0 aliphatic carbocycles. The lowest BCUT2D eigenvalue weighted by atomic mass is 10.1. The van der Waals surface area contributed by atoms with Crippen molar-refractivity contribution in [3.05, 3.63) is 52.9 Å². The fourth-order valence-electron chi connectivity index (χ4n) is 3.21. The molecular formula is C20H18ClN5O4S. The van der Waals surface area contributed by atoms with Gasteiger partial charge >= 0.3 is 0 Å². The fraction of sp³-hybridized carbons (Fsp3) is 0.150. The first-order chi connectivity index (χ1) is 14.7. The average molecular weight is 460 g/mol. The molecule has 0 atom stereocenters. The molecule has 0 bridgehead atoms. The van der Waals surface area contributed by atoms with Crippen LogP contribution in [-0.4, -0.2) is 40.6 Å². The number of benzene rings is 1. The van der Waals surface area contributed by atoms with Crippen LogP contribution in [0, 0.1) is 13.8 Å². The number of anilines is 1. The van der Waals surface area contributed by atoms with E-state index in [1.165, 1.54) is 20.2 Å². The van der Waals surface area contributed by atoms with Crippen LogP contribution in [0.15, 0.2) is 41.4 Å². The Labute approximate surface area is 183 Å². The smallest absolute Gasteiger partial charge is 0.266 e. The first-order valence-corrected chi connectivity index (χ1v) is 11.0. The van der Waals surface area contributed by atoms with Crippen LogP contribution in [0.4, 0.5) is 5.95 Å². The second-order valence-corrected chi connectivity index (χ2v) is 8.82. The SMILES string of the molecule is COc1nc(NS(=O)(=O)c2c[nH]c3c(-c4cccc(C)n4)c(Cl)ccc23)nc(C)c1O. The number of rotatable bonds is 5. The normalized spacial score (nSPS) is 11.6. The van der Waals surface area contributed by atoms with Crippen molar-refractivity contribution in [3.8, 4) is 22.9 Å². The number of hydrogen-bond donors (Lipinski definition) is 3. The molecule has 0 radical (unpaired) electrons. The van der Waals surface area contributed by atoms with Crippen molar-refractivity contribution in [1.29, 1.82) is 0 Å². The monoisotopic (exact) mass is 459 g/mol. The van der Waals surface area contributed by atoms with Gasteiger partial charge < -0.3 is 14.8 Å². The Hall–Kier alpha value is -3.37. The Morgan fingerprint density at radius 2 is 1.90 bits per heavy atom. The summed E-state index contributed by atoms with van der Waals surface area (Å²) in [6, 6.07) is 8.76. The molecule has 0 saturated carbocycles. The third kappa shape index (κ3) is 3.75. The Balaban J connectivity index is 1.82. The number of pyridine rings is 1. The maximum absolute atomic E-state index is 13.1. The van der Waals surface area contributed by atoms with Gasteiger partial charge in [-0.1, -0.05) is 17.7 Å². The van der Waals surface area contributed by atoms with Crippen LogP contribution in [0.5, 0.6) is 11.6 Å². The summed E-state index contributed by atoms with van der Waals surface area (Å²) < 4.78 is 33.5. The predicted molar refractivity (Wildman–Crippen MR) is 117 cm³/mol. The molecule has 31 heavy (non-hydrogen) atoms. The van der Waals surface area contributed by atoms with E-state index in [0.717, 1.165) is 5.69 Å². The summed E-state index contributed by atoms with van der Waals surface area (Å²) in [5.41, 5.74) is 2.73. The lowest BCUT2D eigenvalue weighted by Crippen LogP contribution is -2.15. The molecule has 1 aromatic carbocycles. The first-order valence-electron chi connectivity index (χ1n) is 9.09. The van der Waals surface area contributed by atoms with E-state index in [-0.39, 0.29) is 28.2 Å². The molecule has 0 aliphatic heterocycles. The third-order valence-electron chi connectivity index (χ3n) is 4.65. The number of aromatic nitrogens is 4. The van der Waals surface area contributed by atoms with Crippen molar-refractivity contribution >= 4 is 38.5 Å². The Bertz CT molecular complexity index is 1420. The standard InChI is InChI=1S/C20H18ClN5O4S/c1-10-5-4-6-14(23-10)16-13(21)8-7-12-15(9-22-17(12)16)31(28,29)26-20-24-11(2)18(27)19(25-20)30-3/h4-9,22,27H,1-3H3,(H,24,25,26). The number of ether oxygens (including phenoxy) is 1. The van der Waals surface area contributed by atoms with Gasteiger partial charge in [-0.05, 0) is 38.1 Å². The highest BCUT2D eigenvalue weighted by molar-refractivity contribution is 7.93. The summed E-state index contributed by atoms with van der Waals surface area (Å²) in [7, 11) is -2.77. The zero-order valence-electron chi connectivity index (χ0n) is 16.8. The van der Waals surface area contributed by atoms with Crippen LogP contribution in [0.1, 0.15) is 11.4 Å². The van der Waals surface area contributed by atoms with Gasteiger partial charge in [-0.15, -0.1) is 0 Å². The molecule has 0 fully saturated rings. The summed E-state index contributed by atoms with van der Waals surface area (Å²) in [5, 5.41) is 10.7. The van der Waals surface area contributed by atoms with Crippen LogP contribution in [-0.2, 0) is 10.0 Å². The van der Waals surface area contributed by atoms with Crippen LogP contribution in [0.3, 0.4) is 0 Å². The van der Waals surface area contributed by atoms with Crippen molar-refractivity contribution in [1.82, 2.24) is 19.9 Å². The molecule has 3 heterocycles. The number of H-pyrrole nitrogens is 1. The third-order valence-corrected chi connectivity index (χ3v) is 6.33. The second kappa shape index (κ2) is 7.71. The number of sulfonamides is 1. The highest BCUT2D eigenvalue weighted by atomic mass is 35.5. The van der Waals surface area contributed by atoms with E-state index < -0.39 is 10.0 Å². The summed E-state index contributed by atoms with van der Waals surface area (Å²) in [6.07, 6.45) is 1.37. The van der Waals surface area contributed by atoms with E-state index in [2.05, 4.69) is 24.7 Å². The van der Waals surface area contributed by atoms with Crippen molar-refractivity contribution in [2.45, 2.75) is 18.7 Å². The highest BCUT2D eigenvalue weighted by Gasteiger charge is 2.24. The summed E-state index contributed by atoms with van der Waals surface area (Å²) >= 11 is 6.43. The second-order valence-electron chi connectivity index (χ2n) is 6.76. The number of hydrogen-bond acceptors (Lipinski definition) is 7. The minimum atomic E-state index is -4.08. The molecule has 4 rings (SSSR count). The molecule has 0 amide bonds. The number of aromatic amines is 1. The zero-order valence-corrected chi connectivity index (χ0v) is 18.3. The maximum atomic E-state index is 13.1. The van der Waals surface area contributed by atoms with Crippen LogP contribution in [0.2, 0.25) is 5.02 Å². The molecular weight excluding hydrogens is 442 g/mol. The molecule has 4 aromatic rings. The molecule has 3 N–H and O–H groups in total. The summed E-state index contributed by atoms with van der Waals surface area (Å²) in [6.45, 7) is 3.37. The lowest BCUT2D eigenvalue weighted by Gasteiger charge is -2.10. The molecule has 160 valence electrons. The number of fused-ring (bicyclic) bond motifs is 1. The van der Waals surface area contributed by atoms with Gasteiger partial charge in [-0.3, -0.25) is 4.98 Å². The molecule has 0 spiro atoms. The van der Waals surface area contributed by atoms with Gasteiger partial charge in [-0.2, -0.15) is 4.98 Å². The largest absolute Gasteiger partial charge is 0.502 e. The van der Waals surface area contributed by atoms with E-state index in [9.17, 15) is 13.5 Å². The van der Waals surface area contributed by atoms with E-state index in [4.69, 9.17) is 16.3 Å². The number of nitrogens with zero attached hydrogens (tertiary/aromatic N) is 3. The Morgan fingerprint density at radius 3 is 2.61 bits per heavy atom. The van der Waals surface area contributed by atoms with Crippen molar-refractivity contribution in [2.24, 2.45) is 0 Å². The van der Waals surface area contributed by atoms with Gasteiger partial charge in [-0.25, -0.2) is 18.1 Å². The minimum absolute atomic E-state index is 0.0126. The van der Waals surface area contributed by atoms with Crippen LogP contribution >= 0.6 is 11.6 Å². The van der Waals surface area contributed by atoms with Crippen molar-refractivity contribution < 1.29 is 18.3 Å². The van der Waals surface area contributed by atoms with Gasteiger partial charge in [0, 0.05) is 22.8 Å². The number of nitrogens with one attached hydrogen (secondary N) is 2. The molecule has 0 unspecified atom stereocenters. The van der Waals surface area contributed by atoms with Crippen LogP contribution in [0.25, 0.3) is 22.2 Å². The summed E-state index contributed by atoms with van der Waals surface area (Å²) in [4.78, 5) is 15.4. The van der Waals surface area contributed by atoms with E-state index >= 15 is 0 Å². The van der Waals surface area contributed by atoms with Gasteiger partial charge in [0.25, 0.3) is 15.9 Å². The lowest BCUT2D eigenvalue weighted by molar-refractivity contribution is 0.355. The molecule has 9 nitrogen and oxygen atoms in total. The highest BCUT2D eigenvalue weighted by Crippen LogP contribution is 2.37. The van der Waals surface area contributed by atoms with Crippen molar-refractivity contribution in [2.75, 3.05) is 11.8 Å². The number of aryl methyl sites for hydroxylation is 2. The van der Waals surface area contributed by atoms with Gasteiger partial charge in [0.15, 0.2) is 5.75 Å². The van der Waals surface area contributed by atoms with E-state index in [1.807, 2.05) is 19.1 Å². The molecule has 0 saturated heterocycles. The topological polar surface area (TPSA) is 130 Å². The first kappa shape index (κ1) is 20.9. The number of methoxy groups -OCH3 is 1. The van der Waals surface area contributed by atoms with Gasteiger partial charge in [0.2, 0.25) is 5.95 Å². The van der Waals surface area contributed by atoms with Crippen LogP contribution < -0.4 is 9.46 Å². The Morgan fingerprint density at radius 1 is 1.13 bits per heavy atom. The van der Waals surface area contributed by atoms with Crippen molar-refractivity contribution in [3.63, 3.8) is 0 Å². The van der Waals surface area contributed by atoms with E-state index in [0.29, 0.717) is 27.2 Å². The minimum Gasteiger partial charge on any atom is -0.502 e. The van der Waals surface area contributed by atoms with Gasteiger partial charge in [0.05, 0.1) is 29.0 Å². The predicted octanol–water partition coefficient (Wildman–Crippen LogP) is 3.81. The number of aromatic hydroxyl groups is 1. The summed E-state index contributed by atoms with van der Waals surface area (Å²) in [5.74, 6) is -0.623. The maximum Gasteiger partial charge on any atom is 0.266 e. The quantitative estimate of drug-likeness (QED) is 0.413. The fourth-order valence-corrected chi connectivity index (χ4v) is 4.58. The number of halogens is 1. The van der Waals surface area contributed by atoms with Gasteiger partial charge in [0.1, 0.15) is 4.90 Å². The van der Waals surface area contributed by atoms with E-state index in [1.54, 1.807) is 18.2 Å². The molecule has 0 aliphatic rings. The average Bonchev–Trinajstić information content (AvgIpc) is 3.15. The Kier molecular flexibility index (Phi) is 5.19.